The van der Waals surface area contributed by atoms with Crippen LogP contribution in [0.1, 0.15) is 44.0 Å². The molecule has 1 aliphatic rings. The summed E-state index contributed by atoms with van der Waals surface area (Å²) >= 11 is 7.63. The van der Waals surface area contributed by atoms with Gasteiger partial charge in [0.15, 0.2) is 0 Å². The molecule has 0 saturated carbocycles. The lowest BCUT2D eigenvalue weighted by molar-refractivity contribution is -0.151. The molecule has 1 saturated heterocycles. The second-order valence-electron chi connectivity index (χ2n) is 5.80. The second-order valence-corrected chi connectivity index (χ2v) is 7.45. The van der Waals surface area contributed by atoms with Crippen molar-refractivity contribution in [3.63, 3.8) is 0 Å². The number of ether oxygens (including phenoxy) is 1. The van der Waals surface area contributed by atoms with Gasteiger partial charge in [-0.1, -0.05) is 31.0 Å². The van der Waals surface area contributed by atoms with Crippen LogP contribution in [0.2, 0.25) is 5.02 Å². The zero-order valence-electron chi connectivity index (χ0n) is 13.6. The molecule has 4 nitrogen and oxygen atoms in total. The number of hydrogen-bond acceptors (Lipinski definition) is 4. The van der Waals surface area contributed by atoms with Gasteiger partial charge in [0.25, 0.3) is 5.91 Å². The lowest BCUT2D eigenvalue weighted by Crippen LogP contribution is -2.46. The Kier molecular flexibility index (Phi) is 6.36. The van der Waals surface area contributed by atoms with Crippen molar-refractivity contribution in [3.8, 4) is 0 Å². The summed E-state index contributed by atoms with van der Waals surface area (Å²) < 4.78 is 5.33. The molecule has 0 spiro atoms. The zero-order chi connectivity index (χ0) is 17.0. The van der Waals surface area contributed by atoms with E-state index in [-0.39, 0.29) is 23.4 Å². The van der Waals surface area contributed by atoms with Crippen LogP contribution in [0, 0.1) is 0 Å². The number of carbonyl (C=O) groups excluding carboxylic acids is 2. The number of thioether (sulfide) groups is 1. The summed E-state index contributed by atoms with van der Waals surface area (Å²) in [6, 6.07) is 6.30. The molecule has 126 valence electrons. The van der Waals surface area contributed by atoms with Gasteiger partial charge < -0.3 is 9.64 Å². The quantitative estimate of drug-likeness (QED) is 0.749. The standard InChI is InChI=1S/C17H22ClNO3S/c1-4-6-15-19(14(10-23-15)17(21)22-11(2)3)16(20)12-7-5-8-13(18)9-12/h5,7-9,11,14-15H,4,6,10H2,1-3H3. The Labute approximate surface area is 146 Å². The number of esters is 1. The van der Waals surface area contributed by atoms with Gasteiger partial charge in [0.2, 0.25) is 0 Å². The second kappa shape index (κ2) is 8.06. The van der Waals surface area contributed by atoms with E-state index in [4.69, 9.17) is 16.3 Å². The number of benzene rings is 1. The molecule has 6 heteroatoms. The molecule has 2 unspecified atom stereocenters. The van der Waals surface area contributed by atoms with Gasteiger partial charge in [-0.3, -0.25) is 4.79 Å². The van der Waals surface area contributed by atoms with E-state index >= 15 is 0 Å². The van der Waals surface area contributed by atoms with E-state index in [9.17, 15) is 9.59 Å². The maximum absolute atomic E-state index is 12.9. The third kappa shape index (κ3) is 4.42. The molecule has 1 amide bonds. The van der Waals surface area contributed by atoms with Crippen molar-refractivity contribution in [2.75, 3.05) is 5.75 Å². The van der Waals surface area contributed by atoms with Crippen molar-refractivity contribution < 1.29 is 14.3 Å². The fourth-order valence-electron chi connectivity index (χ4n) is 2.57. The van der Waals surface area contributed by atoms with Gasteiger partial charge in [-0.25, -0.2) is 4.79 Å². The first-order valence-electron chi connectivity index (χ1n) is 7.84. The number of halogens is 1. The number of hydrogen-bond donors (Lipinski definition) is 0. The Hall–Kier alpha value is -1.20. The summed E-state index contributed by atoms with van der Waals surface area (Å²) in [6.07, 6.45) is 1.60. The highest BCUT2D eigenvalue weighted by Gasteiger charge is 2.42. The summed E-state index contributed by atoms with van der Waals surface area (Å²) in [5, 5.41) is 0.507. The molecule has 1 aliphatic heterocycles. The molecule has 1 aromatic carbocycles. The minimum atomic E-state index is -0.537. The van der Waals surface area contributed by atoms with Gasteiger partial charge in [-0.15, -0.1) is 11.8 Å². The lowest BCUT2D eigenvalue weighted by Gasteiger charge is -2.28. The zero-order valence-corrected chi connectivity index (χ0v) is 15.2. The topological polar surface area (TPSA) is 46.6 Å². The molecule has 1 aromatic rings. The van der Waals surface area contributed by atoms with Crippen molar-refractivity contribution in [1.29, 1.82) is 0 Å². The molecular formula is C17H22ClNO3S. The Bertz CT molecular complexity index is 579. The summed E-state index contributed by atoms with van der Waals surface area (Å²) in [5.74, 6) is 0.0749. The number of carbonyl (C=O) groups is 2. The number of rotatable bonds is 5. The fraction of sp³-hybridized carbons (Fsp3) is 0.529. The Morgan fingerprint density at radius 3 is 2.78 bits per heavy atom. The van der Waals surface area contributed by atoms with Crippen molar-refractivity contribution in [2.45, 2.75) is 51.1 Å². The van der Waals surface area contributed by atoms with E-state index in [1.54, 1.807) is 40.9 Å². The van der Waals surface area contributed by atoms with Gasteiger partial charge in [-0.2, -0.15) is 0 Å². The third-order valence-electron chi connectivity index (χ3n) is 3.56. The van der Waals surface area contributed by atoms with Crippen LogP contribution in [0.4, 0.5) is 0 Å². The normalized spacial score (nSPS) is 20.8. The molecule has 23 heavy (non-hydrogen) atoms. The fourth-order valence-corrected chi connectivity index (χ4v) is 4.27. The van der Waals surface area contributed by atoms with Crippen molar-refractivity contribution in [3.05, 3.63) is 34.9 Å². The van der Waals surface area contributed by atoms with E-state index in [0.717, 1.165) is 12.8 Å². The highest BCUT2D eigenvalue weighted by Crippen LogP contribution is 2.34. The molecule has 1 fully saturated rings. The molecule has 2 rings (SSSR count). The average Bonchev–Trinajstić information content (AvgIpc) is 2.90. The maximum Gasteiger partial charge on any atom is 0.330 e. The molecular weight excluding hydrogens is 334 g/mol. The molecule has 0 bridgehead atoms. The van der Waals surface area contributed by atoms with E-state index in [0.29, 0.717) is 16.3 Å². The van der Waals surface area contributed by atoms with Crippen LogP contribution in [-0.4, -0.2) is 40.0 Å². The van der Waals surface area contributed by atoms with E-state index < -0.39 is 6.04 Å². The SMILES string of the molecule is CCCC1SCC(C(=O)OC(C)C)N1C(=O)c1cccc(Cl)c1. The molecule has 2 atom stereocenters. The summed E-state index contributed by atoms with van der Waals surface area (Å²) in [4.78, 5) is 27.0. The molecule has 0 aliphatic carbocycles. The Morgan fingerprint density at radius 2 is 2.17 bits per heavy atom. The smallest absolute Gasteiger partial charge is 0.330 e. The van der Waals surface area contributed by atoms with Gasteiger partial charge in [-0.05, 0) is 38.5 Å². The highest BCUT2D eigenvalue weighted by molar-refractivity contribution is 8.00. The summed E-state index contributed by atoms with van der Waals surface area (Å²) in [6.45, 7) is 5.70. The number of nitrogens with zero attached hydrogens (tertiary/aromatic N) is 1. The number of amides is 1. The minimum absolute atomic E-state index is 0.00352. The van der Waals surface area contributed by atoms with Gasteiger partial charge in [0.1, 0.15) is 6.04 Å². The highest BCUT2D eigenvalue weighted by atomic mass is 35.5. The average molecular weight is 356 g/mol. The minimum Gasteiger partial charge on any atom is -0.461 e. The van der Waals surface area contributed by atoms with Crippen LogP contribution >= 0.6 is 23.4 Å². The molecule has 1 heterocycles. The lowest BCUT2D eigenvalue weighted by atomic mass is 10.1. The molecule has 0 radical (unpaired) electrons. The monoisotopic (exact) mass is 355 g/mol. The van der Waals surface area contributed by atoms with Crippen LogP contribution in [0.5, 0.6) is 0 Å². The summed E-state index contributed by atoms with van der Waals surface area (Å²) in [7, 11) is 0. The van der Waals surface area contributed by atoms with Crippen LogP contribution in [0.15, 0.2) is 24.3 Å². The van der Waals surface area contributed by atoms with E-state index in [2.05, 4.69) is 6.92 Å². The van der Waals surface area contributed by atoms with Gasteiger partial charge in [0.05, 0.1) is 11.5 Å². The third-order valence-corrected chi connectivity index (χ3v) is 5.15. The van der Waals surface area contributed by atoms with Crippen LogP contribution in [0.25, 0.3) is 0 Å². The molecule has 0 aromatic heterocycles. The van der Waals surface area contributed by atoms with E-state index in [1.165, 1.54) is 0 Å². The molecule has 0 N–H and O–H groups in total. The van der Waals surface area contributed by atoms with Crippen LogP contribution in [-0.2, 0) is 9.53 Å². The predicted molar refractivity (Wildman–Crippen MR) is 93.8 cm³/mol. The van der Waals surface area contributed by atoms with Gasteiger partial charge >= 0.3 is 5.97 Å². The first-order valence-corrected chi connectivity index (χ1v) is 9.27. The van der Waals surface area contributed by atoms with Crippen molar-refractivity contribution >= 4 is 35.2 Å². The van der Waals surface area contributed by atoms with Crippen molar-refractivity contribution in [2.24, 2.45) is 0 Å². The largest absolute Gasteiger partial charge is 0.461 e. The van der Waals surface area contributed by atoms with Crippen molar-refractivity contribution in [1.82, 2.24) is 4.90 Å². The Morgan fingerprint density at radius 1 is 1.43 bits per heavy atom. The first kappa shape index (κ1) is 18.1. The van der Waals surface area contributed by atoms with E-state index in [1.807, 2.05) is 13.8 Å². The van der Waals surface area contributed by atoms with Crippen LogP contribution < -0.4 is 0 Å². The summed E-state index contributed by atoms with van der Waals surface area (Å²) in [5.41, 5.74) is 0.503. The first-order chi connectivity index (χ1) is 10.9. The van der Waals surface area contributed by atoms with Crippen LogP contribution in [0.3, 0.4) is 0 Å². The Balaban J connectivity index is 2.26. The predicted octanol–water partition coefficient (Wildman–Crippen LogP) is 3.98. The maximum atomic E-state index is 12.9. The van der Waals surface area contributed by atoms with Gasteiger partial charge in [0, 0.05) is 16.3 Å².